The van der Waals surface area contributed by atoms with Crippen molar-refractivity contribution in [3.05, 3.63) is 51.0 Å². The van der Waals surface area contributed by atoms with Crippen LogP contribution in [-0.4, -0.2) is 4.98 Å². The van der Waals surface area contributed by atoms with Crippen molar-refractivity contribution in [1.29, 1.82) is 0 Å². The second kappa shape index (κ2) is 4.15. The van der Waals surface area contributed by atoms with Crippen LogP contribution >= 0.6 is 11.3 Å². The SMILES string of the molecule is Cc1cc(C)c(Cc2[c]scn2)c(C)c1. The van der Waals surface area contributed by atoms with Crippen LogP contribution in [0.25, 0.3) is 0 Å². The fourth-order valence-electron chi connectivity index (χ4n) is 1.95. The molecule has 1 radical (unpaired) electrons. The standard InChI is InChI=1S/C13H14NS/c1-9-4-10(2)13(11(3)5-9)6-12-7-15-8-14-12/h4-5,8H,6H2,1-3H3. The first kappa shape index (κ1) is 10.4. The normalized spacial score (nSPS) is 10.6. The van der Waals surface area contributed by atoms with Crippen LogP contribution in [0, 0.1) is 26.2 Å². The van der Waals surface area contributed by atoms with Crippen molar-refractivity contribution >= 4 is 11.3 Å². The van der Waals surface area contributed by atoms with Gasteiger partial charge in [-0.3, -0.25) is 0 Å². The van der Waals surface area contributed by atoms with Crippen LogP contribution < -0.4 is 0 Å². The van der Waals surface area contributed by atoms with Gasteiger partial charge in [-0.1, -0.05) is 17.7 Å². The summed E-state index contributed by atoms with van der Waals surface area (Å²) in [7, 11) is 0. The van der Waals surface area contributed by atoms with Gasteiger partial charge in [-0.05, 0) is 37.5 Å². The molecule has 2 heteroatoms. The summed E-state index contributed by atoms with van der Waals surface area (Å²) >= 11 is 1.54. The minimum atomic E-state index is 0.904. The number of nitrogens with zero attached hydrogens (tertiary/aromatic N) is 1. The molecule has 2 rings (SSSR count). The summed E-state index contributed by atoms with van der Waals surface area (Å²) in [5.74, 6) is 0. The van der Waals surface area contributed by atoms with E-state index in [2.05, 4.69) is 43.3 Å². The second-order valence-corrected chi connectivity index (χ2v) is 4.61. The summed E-state index contributed by atoms with van der Waals surface area (Å²) in [6.45, 7) is 6.47. The molecule has 77 valence electrons. The van der Waals surface area contributed by atoms with Gasteiger partial charge in [-0.25, -0.2) is 4.98 Å². The summed E-state index contributed by atoms with van der Waals surface area (Å²) in [6.07, 6.45) is 0.904. The number of hydrogen-bond donors (Lipinski definition) is 0. The Hall–Kier alpha value is -1.15. The molecular formula is C13H14NS. The van der Waals surface area contributed by atoms with Crippen molar-refractivity contribution in [2.75, 3.05) is 0 Å². The van der Waals surface area contributed by atoms with E-state index < -0.39 is 0 Å². The van der Waals surface area contributed by atoms with Gasteiger partial charge in [-0.2, -0.15) is 0 Å². The molecule has 0 saturated carbocycles. The van der Waals surface area contributed by atoms with E-state index in [1.807, 2.05) is 5.51 Å². The molecule has 0 aliphatic carbocycles. The van der Waals surface area contributed by atoms with Crippen LogP contribution in [0.2, 0.25) is 0 Å². The molecule has 0 aliphatic rings. The van der Waals surface area contributed by atoms with Crippen LogP contribution in [-0.2, 0) is 6.42 Å². The maximum Gasteiger partial charge on any atom is 0.0801 e. The van der Waals surface area contributed by atoms with Crippen LogP contribution in [0.5, 0.6) is 0 Å². The Balaban J connectivity index is 2.36. The summed E-state index contributed by atoms with van der Waals surface area (Å²) < 4.78 is 0. The fourth-order valence-corrected chi connectivity index (χ4v) is 2.44. The minimum absolute atomic E-state index is 0.904. The van der Waals surface area contributed by atoms with Gasteiger partial charge >= 0.3 is 0 Å². The Morgan fingerprint density at radius 2 is 1.87 bits per heavy atom. The molecule has 0 amide bonds. The zero-order chi connectivity index (χ0) is 10.8. The van der Waals surface area contributed by atoms with Crippen LogP contribution in [0.3, 0.4) is 0 Å². The lowest BCUT2D eigenvalue weighted by molar-refractivity contribution is 1.06. The molecule has 0 spiro atoms. The lowest BCUT2D eigenvalue weighted by Crippen LogP contribution is -1.96. The van der Waals surface area contributed by atoms with E-state index in [4.69, 9.17) is 0 Å². The zero-order valence-corrected chi connectivity index (χ0v) is 10.1. The third-order valence-electron chi connectivity index (χ3n) is 2.62. The van der Waals surface area contributed by atoms with E-state index >= 15 is 0 Å². The predicted molar refractivity (Wildman–Crippen MR) is 64.4 cm³/mol. The number of thiazole rings is 1. The topological polar surface area (TPSA) is 12.9 Å². The molecule has 0 fully saturated rings. The Kier molecular flexibility index (Phi) is 2.87. The zero-order valence-electron chi connectivity index (χ0n) is 9.29. The molecule has 0 N–H and O–H groups in total. The summed E-state index contributed by atoms with van der Waals surface area (Å²) in [4.78, 5) is 4.28. The first-order valence-electron chi connectivity index (χ1n) is 5.03. The molecule has 1 heterocycles. The van der Waals surface area contributed by atoms with Gasteiger partial charge in [0.2, 0.25) is 0 Å². The smallest absolute Gasteiger partial charge is 0.0801 e. The molecule has 0 aliphatic heterocycles. The van der Waals surface area contributed by atoms with E-state index in [0.29, 0.717) is 0 Å². The van der Waals surface area contributed by atoms with E-state index in [1.165, 1.54) is 33.6 Å². The molecule has 0 saturated heterocycles. The molecule has 1 aromatic heterocycles. The largest absolute Gasteiger partial charge is 0.249 e. The highest BCUT2D eigenvalue weighted by Crippen LogP contribution is 2.19. The van der Waals surface area contributed by atoms with Gasteiger partial charge in [-0.15, -0.1) is 11.3 Å². The maximum atomic E-state index is 4.28. The third kappa shape index (κ3) is 2.26. The van der Waals surface area contributed by atoms with Gasteiger partial charge in [0.1, 0.15) is 0 Å². The van der Waals surface area contributed by atoms with Gasteiger partial charge in [0.05, 0.1) is 16.6 Å². The van der Waals surface area contributed by atoms with Crippen molar-refractivity contribution in [2.24, 2.45) is 0 Å². The lowest BCUT2D eigenvalue weighted by Gasteiger charge is -2.09. The van der Waals surface area contributed by atoms with Crippen molar-refractivity contribution < 1.29 is 0 Å². The summed E-state index contributed by atoms with van der Waals surface area (Å²) in [5.41, 5.74) is 8.32. The lowest BCUT2D eigenvalue weighted by atomic mass is 9.96. The van der Waals surface area contributed by atoms with Gasteiger partial charge in [0.25, 0.3) is 0 Å². The molecular weight excluding hydrogens is 202 g/mol. The molecule has 0 atom stereocenters. The number of hydrogen-bond acceptors (Lipinski definition) is 2. The molecule has 0 unspecified atom stereocenters. The van der Waals surface area contributed by atoms with E-state index in [1.54, 1.807) is 0 Å². The Bertz CT molecular complexity index is 434. The molecule has 1 aromatic carbocycles. The van der Waals surface area contributed by atoms with Crippen molar-refractivity contribution in [3.63, 3.8) is 0 Å². The van der Waals surface area contributed by atoms with Crippen molar-refractivity contribution in [3.8, 4) is 0 Å². The minimum Gasteiger partial charge on any atom is -0.249 e. The molecule has 1 nitrogen and oxygen atoms in total. The van der Waals surface area contributed by atoms with Crippen molar-refractivity contribution in [2.45, 2.75) is 27.2 Å². The number of benzene rings is 1. The fraction of sp³-hybridized carbons (Fsp3) is 0.308. The van der Waals surface area contributed by atoms with Gasteiger partial charge in [0, 0.05) is 6.42 Å². The average Bonchev–Trinajstić information content (AvgIpc) is 2.63. The van der Waals surface area contributed by atoms with Gasteiger partial charge in [0.15, 0.2) is 0 Å². The Labute approximate surface area is 94.8 Å². The quantitative estimate of drug-likeness (QED) is 0.749. The Morgan fingerprint density at radius 1 is 1.20 bits per heavy atom. The first-order valence-corrected chi connectivity index (χ1v) is 5.91. The van der Waals surface area contributed by atoms with Crippen molar-refractivity contribution in [1.82, 2.24) is 4.98 Å². The second-order valence-electron chi connectivity index (χ2n) is 3.96. The van der Waals surface area contributed by atoms with Gasteiger partial charge < -0.3 is 0 Å². The monoisotopic (exact) mass is 216 g/mol. The average molecular weight is 216 g/mol. The molecule has 15 heavy (non-hydrogen) atoms. The highest BCUT2D eigenvalue weighted by molar-refractivity contribution is 7.07. The highest BCUT2D eigenvalue weighted by Gasteiger charge is 2.06. The third-order valence-corrected chi connectivity index (χ3v) is 3.19. The maximum absolute atomic E-state index is 4.28. The van der Waals surface area contributed by atoms with E-state index in [9.17, 15) is 0 Å². The molecule has 2 aromatic rings. The highest BCUT2D eigenvalue weighted by atomic mass is 32.1. The predicted octanol–water partition coefficient (Wildman–Crippen LogP) is 3.46. The Morgan fingerprint density at radius 3 is 2.40 bits per heavy atom. The van der Waals surface area contributed by atoms with E-state index in [-0.39, 0.29) is 0 Å². The number of rotatable bonds is 2. The number of aromatic nitrogens is 1. The van der Waals surface area contributed by atoms with Crippen LogP contribution in [0.4, 0.5) is 0 Å². The van der Waals surface area contributed by atoms with Crippen LogP contribution in [0.15, 0.2) is 17.6 Å². The first-order chi connectivity index (χ1) is 7.16. The van der Waals surface area contributed by atoms with E-state index in [0.717, 1.165) is 12.1 Å². The summed E-state index contributed by atoms with van der Waals surface area (Å²) in [5, 5.41) is 3.19. The van der Waals surface area contributed by atoms with Crippen LogP contribution in [0.1, 0.15) is 27.9 Å². The summed E-state index contributed by atoms with van der Waals surface area (Å²) in [6, 6.07) is 4.46. The molecule has 0 bridgehead atoms. The number of aryl methyl sites for hydroxylation is 3.